The highest BCUT2D eigenvalue weighted by molar-refractivity contribution is 6.37. The predicted octanol–water partition coefficient (Wildman–Crippen LogP) is 3.45. The van der Waals surface area contributed by atoms with Gasteiger partial charge in [0, 0.05) is 25.2 Å². The van der Waals surface area contributed by atoms with Gasteiger partial charge < -0.3 is 15.7 Å². The molecule has 4 aromatic rings. The third-order valence-electron chi connectivity index (χ3n) is 7.03. The van der Waals surface area contributed by atoms with Gasteiger partial charge in [0.25, 0.3) is 17.4 Å². The van der Waals surface area contributed by atoms with Crippen LogP contribution in [0.3, 0.4) is 0 Å². The number of barbiturate groups is 1. The Balaban J connectivity index is 1.55. The van der Waals surface area contributed by atoms with Crippen LogP contribution in [0.1, 0.15) is 25.0 Å². The van der Waals surface area contributed by atoms with Crippen molar-refractivity contribution in [2.75, 3.05) is 15.5 Å². The van der Waals surface area contributed by atoms with Gasteiger partial charge in [0.2, 0.25) is 17.7 Å². The number of nitrogens with zero attached hydrogens (tertiary/aromatic N) is 2. The second-order valence-corrected chi connectivity index (χ2v) is 10.6. The van der Waals surface area contributed by atoms with Crippen LogP contribution >= 0.6 is 0 Å². The molecule has 1 fully saturated rings. The van der Waals surface area contributed by atoms with Crippen LogP contribution in [-0.2, 0) is 19.2 Å². The number of anilines is 3. The average molecular weight is 661 g/mol. The molecule has 0 saturated carbocycles. The van der Waals surface area contributed by atoms with Crippen molar-refractivity contribution in [1.82, 2.24) is 14.9 Å². The van der Waals surface area contributed by atoms with Crippen molar-refractivity contribution < 1.29 is 29.1 Å². The molecule has 14 heteroatoms. The molecule has 2 heterocycles. The van der Waals surface area contributed by atoms with Gasteiger partial charge in [0.15, 0.2) is 0 Å². The minimum Gasteiger partial charge on any atom is -0.494 e. The number of hydrogen-bond acceptors (Lipinski definition) is 8. The Morgan fingerprint density at radius 3 is 2.04 bits per heavy atom. The standard InChI is InChI=1S/C35H28N6O8/c1-20(42)36-24-10-6-12-26(18-24)40-32(46)28(30(44)38-34(40)48)16-14-23(22-8-4-3-5-9-22)15-17-29-31(45)39-35(49)41(33(29)47)27-13-7-11-25(19-27)37-21(2)43/h3-19,44H,1-2H3,(H,36,42)(H,37,43)(H,38,48)(H,39,45,49)/b16-14+,23-15-,29-17-. The number of nitrogens with one attached hydrogen (secondary N) is 4. The summed E-state index contributed by atoms with van der Waals surface area (Å²) in [5.74, 6) is -3.29. The summed E-state index contributed by atoms with van der Waals surface area (Å²) in [6.07, 6.45) is 5.31. The Morgan fingerprint density at radius 2 is 1.41 bits per heavy atom. The molecule has 0 spiro atoms. The van der Waals surface area contributed by atoms with Crippen LogP contribution in [0.15, 0.2) is 112 Å². The topological polar surface area (TPSA) is 200 Å². The molecule has 1 saturated heterocycles. The molecular formula is C35H28N6O8. The largest absolute Gasteiger partial charge is 0.494 e. The fraction of sp³-hybridized carbons (Fsp3) is 0.0571. The maximum Gasteiger partial charge on any atom is 0.335 e. The number of aromatic hydroxyl groups is 1. The van der Waals surface area contributed by atoms with Crippen molar-refractivity contribution in [3.05, 3.63) is 135 Å². The van der Waals surface area contributed by atoms with E-state index in [2.05, 4.69) is 20.9 Å². The Hall–Kier alpha value is -7.09. The highest BCUT2D eigenvalue weighted by Gasteiger charge is 2.36. The van der Waals surface area contributed by atoms with Crippen molar-refractivity contribution in [3.63, 3.8) is 0 Å². The number of hydrogen-bond donors (Lipinski definition) is 5. The van der Waals surface area contributed by atoms with Gasteiger partial charge in [-0.3, -0.25) is 34.3 Å². The van der Waals surface area contributed by atoms with Gasteiger partial charge in [-0.25, -0.2) is 19.1 Å². The van der Waals surface area contributed by atoms with E-state index < -0.39 is 35.0 Å². The van der Waals surface area contributed by atoms with E-state index in [9.17, 15) is 38.7 Å². The van der Waals surface area contributed by atoms with Crippen molar-refractivity contribution in [3.8, 4) is 11.6 Å². The second-order valence-electron chi connectivity index (χ2n) is 10.6. The van der Waals surface area contributed by atoms with Crippen LogP contribution < -0.4 is 32.1 Å². The summed E-state index contributed by atoms with van der Waals surface area (Å²) in [6.45, 7) is 2.61. The monoisotopic (exact) mass is 660 g/mol. The van der Waals surface area contributed by atoms with Crippen molar-refractivity contribution in [2.45, 2.75) is 13.8 Å². The minimum atomic E-state index is -0.980. The Kier molecular flexibility index (Phi) is 9.60. The molecular weight excluding hydrogens is 632 g/mol. The molecule has 5 rings (SSSR count). The zero-order chi connectivity index (χ0) is 35.2. The number of carbonyl (C=O) groups is 5. The van der Waals surface area contributed by atoms with Crippen LogP contribution in [0.2, 0.25) is 0 Å². The Morgan fingerprint density at radius 1 is 0.796 bits per heavy atom. The van der Waals surface area contributed by atoms with Crippen LogP contribution in [0.4, 0.5) is 21.9 Å². The third-order valence-corrected chi connectivity index (χ3v) is 7.03. The second kappa shape index (κ2) is 14.1. The lowest BCUT2D eigenvalue weighted by molar-refractivity contribution is -0.123. The lowest BCUT2D eigenvalue weighted by atomic mass is 10.0. The first kappa shape index (κ1) is 33.3. The first-order chi connectivity index (χ1) is 23.4. The first-order valence-electron chi connectivity index (χ1n) is 14.6. The SMILES string of the molecule is CC(=O)Nc1cccc(N2C(=O)NC(=O)/C(=C/C=C(/C=C/c3c(O)[nH]c(=O)n(-c4cccc(NC(C)=O)c4)c3=O)c3ccccc3)C2=O)c1. The molecule has 0 aliphatic carbocycles. The third kappa shape index (κ3) is 7.49. The molecule has 0 unspecified atom stereocenters. The van der Waals surface area contributed by atoms with Gasteiger partial charge in [0.05, 0.1) is 11.4 Å². The van der Waals surface area contributed by atoms with E-state index in [-0.39, 0.29) is 34.3 Å². The number of aromatic nitrogens is 2. The summed E-state index contributed by atoms with van der Waals surface area (Å²) in [7, 11) is 0. The molecule has 1 aliphatic rings. The van der Waals surface area contributed by atoms with Gasteiger partial charge in [-0.05, 0) is 59.7 Å². The summed E-state index contributed by atoms with van der Waals surface area (Å²) < 4.78 is 0.788. The van der Waals surface area contributed by atoms with Gasteiger partial charge >= 0.3 is 11.7 Å². The molecule has 49 heavy (non-hydrogen) atoms. The number of urea groups is 1. The molecule has 0 atom stereocenters. The van der Waals surface area contributed by atoms with E-state index in [0.29, 0.717) is 22.5 Å². The summed E-state index contributed by atoms with van der Waals surface area (Å²) in [4.78, 5) is 91.4. The summed E-state index contributed by atoms with van der Waals surface area (Å²) in [5.41, 5.74) is -0.629. The fourth-order valence-corrected chi connectivity index (χ4v) is 4.91. The number of rotatable bonds is 8. The lowest BCUT2D eigenvalue weighted by Crippen LogP contribution is -2.54. The Bertz CT molecular complexity index is 2230. The molecule has 0 bridgehead atoms. The van der Waals surface area contributed by atoms with E-state index in [1.165, 1.54) is 74.5 Å². The normalized spacial score (nSPS) is 14.2. The van der Waals surface area contributed by atoms with Gasteiger partial charge in [-0.2, -0.15) is 0 Å². The molecule has 5 N–H and O–H groups in total. The van der Waals surface area contributed by atoms with Crippen molar-refractivity contribution in [2.24, 2.45) is 0 Å². The smallest absolute Gasteiger partial charge is 0.335 e. The average Bonchev–Trinajstić information content (AvgIpc) is 3.03. The quantitative estimate of drug-likeness (QED) is 0.107. The van der Waals surface area contributed by atoms with E-state index in [1.54, 1.807) is 42.5 Å². The summed E-state index contributed by atoms with van der Waals surface area (Å²) in [5, 5.41) is 17.8. The maximum atomic E-state index is 13.5. The van der Waals surface area contributed by atoms with Gasteiger partial charge in [0.1, 0.15) is 11.1 Å². The molecule has 3 aromatic carbocycles. The van der Waals surface area contributed by atoms with E-state index >= 15 is 0 Å². The number of allylic oxidation sites excluding steroid dienone is 4. The molecule has 14 nitrogen and oxygen atoms in total. The number of benzene rings is 3. The van der Waals surface area contributed by atoms with Crippen LogP contribution in [0.5, 0.6) is 5.88 Å². The number of imide groups is 2. The lowest BCUT2D eigenvalue weighted by Gasteiger charge is -2.26. The van der Waals surface area contributed by atoms with E-state index in [0.717, 1.165) is 9.47 Å². The van der Waals surface area contributed by atoms with Gasteiger partial charge in [-0.1, -0.05) is 54.6 Å². The Labute approximate surface area is 277 Å². The van der Waals surface area contributed by atoms with Crippen LogP contribution in [0.25, 0.3) is 17.3 Å². The summed E-state index contributed by atoms with van der Waals surface area (Å²) >= 11 is 0. The first-order valence-corrected chi connectivity index (χ1v) is 14.6. The van der Waals surface area contributed by atoms with E-state index in [4.69, 9.17) is 0 Å². The molecule has 0 radical (unpaired) electrons. The number of aromatic amines is 1. The number of amides is 6. The number of H-pyrrole nitrogens is 1. The number of carbonyl (C=O) groups excluding carboxylic acids is 5. The van der Waals surface area contributed by atoms with Crippen molar-refractivity contribution in [1.29, 1.82) is 0 Å². The van der Waals surface area contributed by atoms with Crippen molar-refractivity contribution >= 4 is 58.4 Å². The maximum absolute atomic E-state index is 13.5. The van der Waals surface area contributed by atoms with Gasteiger partial charge in [-0.15, -0.1) is 0 Å². The van der Waals surface area contributed by atoms with E-state index in [1.807, 2.05) is 0 Å². The predicted molar refractivity (Wildman–Crippen MR) is 182 cm³/mol. The zero-order valence-corrected chi connectivity index (χ0v) is 26.0. The highest BCUT2D eigenvalue weighted by Crippen LogP contribution is 2.25. The highest BCUT2D eigenvalue weighted by atomic mass is 16.3. The van der Waals surface area contributed by atoms with Crippen LogP contribution in [0, 0.1) is 0 Å². The minimum absolute atomic E-state index is 0.103. The molecule has 6 amide bonds. The van der Waals surface area contributed by atoms with Crippen LogP contribution in [-0.4, -0.2) is 44.3 Å². The molecule has 1 aliphatic heterocycles. The zero-order valence-electron chi connectivity index (χ0n) is 26.0. The molecule has 246 valence electrons. The fourth-order valence-electron chi connectivity index (χ4n) is 4.91. The molecule has 1 aromatic heterocycles. The summed E-state index contributed by atoms with van der Waals surface area (Å²) in [6, 6.07) is 19.7.